The van der Waals surface area contributed by atoms with Gasteiger partial charge < -0.3 is 15.5 Å². The minimum absolute atomic E-state index is 0.103. The molecule has 1 heterocycles. The molecule has 0 spiro atoms. The number of nitrogen functional groups attached to an aromatic ring is 1. The summed E-state index contributed by atoms with van der Waals surface area (Å²) in [6.07, 6.45) is 0. The van der Waals surface area contributed by atoms with Gasteiger partial charge in [0, 0.05) is 16.1 Å². The number of nitrogens with one attached hydrogen (secondary N) is 1. The number of nitrogens with two attached hydrogens (primary N) is 1. The fourth-order valence-electron chi connectivity index (χ4n) is 1.99. The molecule has 0 saturated carbocycles. The summed E-state index contributed by atoms with van der Waals surface area (Å²) in [5, 5.41) is 3.97. The van der Waals surface area contributed by atoms with Crippen LogP contribution in [0.3, 0.4) is 0 Å². The van der Waals surface area contributed by atoms with Crippen molar-refractivity contribution in [1.29, 1.82) is 0 Å². The van der Waals surface area contributed by atoms with Crippen molar-refractivity contribution < 1.29 is 9.21 Å². The molecule has 2 aromatic carbocycles. The molecule has 0 unspecified atom stereocenters. The number of furan rings is 1. The number of anilines is 2. The van der Waals surface area contributed by atoms with Crippen LogP contribution < -0.4 is 11.1 Å². The van der Waals surface area contributed by atoms with Gasteiger partial charge >= 0.3 is 0 Å². The Balaban J connectivity index is 1.95. The summed E-state index contributed by atoms with van der Waals surface area (Å²) in [7, 11) is 0. The van der Waals surface area contributed by atoms with Gasteiger partial charge in [-0.15, -0.1) is 0 Å². The minimum atomic E-state index is -0.402. The number of halogens is 1. The Morgan fingerprint density at radius 1 is 1.15 bits per heavy atom. The van der Waals surface area contributed by atoms with E-state index >= 15 is 0 Å². The van der Waals surface area contributed by atoms with Crippen LogP contribution in [0.25, 0.3) is 11.0 Å². The second-order valence-corrected chi connectivity index (χ2v) is 4.74. The average Bonchev–Trinajstić information content (AvgIpc) is 2.77. The minimum Gasteiger partial charge on any atom is -0.449 e. The zero-order valence-corrected chi connectivity index (χ0v) is 11.1. The van der Waals surface area contributed by atoms with Crippen LogP contribution in [0.2, 0.25) is 5.02 Å². The van der Waals surface area contributed by atoms with Crippen LogP contribution in [0.15, 0.2) is 52.9 Å². The monoisotopic (exact) mass is 286 g/mol. The van der Waals surface area contributed by atoms with E-state index in [2.05, 4.69) is 5.32 Å². The summed E-state index contributed by atoms with van der Waals surface area (Å²) >= 11 is 5.87. The number of hydrogen-bond donors (Lipinski definition) is 2. The standard InChI is InChI=1S/C15H11ClN2O2/c16-9-4-3-5-10(8-9)18-15(19)14-13(17)11-6-1-2-7-12(11)20-14/h1-8H,17H2,(H,18,19). The van der Waals surface area contributed by atoms with E-state index in [9.17, 15) is 4.79 Å². The number of amides is 1. The van der Waals surface area contributed by atoms with Crippen LogP contribution in [-0.2, 0) is 0 Å². The van der Waals surface area contributed by atoms with Gasteiger partial charge in [0.25, 0.3) is 5.91 Å². The van der Waals surface area contributed by atoms with Crippen molar-refractivity contribution in [2.24, 2.45) is 0 Å². The van der Waals surface area contributed by atoms with Crippen LogP contribution in [0, 0.1) is 0 Å². The lowest BCUT2D eigenvalue weighted by molar-refractivity contribution is 0.1000. The summed E-state index contributed by atoms with van der Waals surface area (Å²) in [6, 6.07) is 14.1. The Bertz CT molecular complexity index is 795. The number of benzene rings is 2. The number of carbonyl (C=O) groups excluding carboxylic acids is 1. The maximum atomic E-state index is 12.2. The van der Waals surface area contributed by atoms with Gasteiger partial charge in [0.05, 0.1) is 5.69 Å². The van der Waals surface area contributed by atoms with E-state index in [-0.39, 0.29) is 5.76 Å². The summed E-state index contributed by atoms with van der Waals surface area (Å²) in [5.41, 5.74) is 7.45. The van der Waals surface area contributed by atoms with Gasteiger partial charge in [-0.3, -0.25) is 4.79 Å². The van der Waals surface area contributed by atoms with E-state index in [4.69, 9.17) is 21.8 Å². The van der Waals surface area contributed by atoms with Gasteiger partial charge in [-0.25, -0.2) is 0 Å². The van der Waals surface area contributed by atoms with Crippen molar-refractivity contribution in [3.63, 3.8) is 0 Å². The van der Waals surface area contributed by atoms with Gasteiger partial charge in [0.15, 0.2) is 0 Å². The number of hydrogen-bond acceptors (Lipinski definition) is 3. The van der Waals surface area contributed by atoms with Crippen molar-refractivity contribution in [2.75, 3.05) is 11.1 Å². The Labute approximate surface area is 120 Å². The molecule has 4 nitrogen and oxygen atoms in total. The Morgan fingerprint density at radius 3 is 2.70 bits per heavy atom. The molecule has 20 heavy (non-hydrogen) atoms. The van der Waals surface area contributed by atoms with Gasteiger partial charge in [-0.2, -0.15) is 0 Å². The summed E-state index contributed by atoms with van der Waals surface area (Å²) < 4.78 is 5.49. The molecule has 0 fully saturated rings. The van der Waals surface area contributed by atoms with Crippen LogP contribution in [-0.4, -0.2) is 5.91 Å². The predicted molar refractivity (Wildman–Crippen MR) is 80.0 cm³/mol. The quantitative estimate of drug-likeness (QED) is 0.750. The zero-order chi connectivity index (χ0) is 14.1. The Hall–Kier alpha value is -2.46. The summed E-state index contributed by atoms with van der Waals surface area (Å²) in [5.74, 6) is -0.299. The molecular weight excluding hydrogens is 276 g/mol. The van der Waals surface area contributed by atoms with Crippen LogP contribution in [0.4, 0.5) is 11.4 Å². The molecule has 0 bridgehead atoms. The van der Waals surface area contributed by atoms with Crippen LogP contribution in [0.5, 0.6) is 0 Å². The van der Waals surface area contributed by atoms with Gasteiger partial charge in [0.1, 0.15) is 5.58 Å². The van der Waals surface area contributed by atoms with E-state index in [0.717, 1.165) is 5.39 Å². The highest BCUT2D eigenvalue weighted by Crippen LogP contribution is 2.28. The van der Waals surface area contributed by atoms with Gasteiger partial charge in [0.2, 0.25) is 5.76 Å². The van der Waals surface area contributed by atoms with E-state index in [1.165, 1.54) is 0 Å². The fraction of sp³-hybridized carbons (Fsp3) is 0. The maximum absolute atomic E-state index is 12.2. The largest absolute Gasteiger partial charge is 0.449 e. The Kier molecular flexibility index (Phi) is 3.08. The summed E-state index contributed by atoms with van der Waals surface area (Å²) in [4.78, 5) is 12.2. The molecule has 1 amide bonds. The van der Waals surface area contributed by atoms with E-state index < -0.39 is 5.91 Å². The van der Waals surface area contributed by atoms with Crippen molar-refractivity contribution >= 4 is 39.9 Å². The molecule has 3 aromatic rings. The molecule has 0 aliphatic carbocycles. The zero-order valence-electron chi connectivity index (χ0n) is 10.4. The first-order valence-corrected chi connectivity index (χ1v) is 6.37. The molecule has 0 aliphatic rings. The first-order chi connectivity index (χ1) is 9.65. The van der Waals surface area contributed by atoms with Crippen LogP contribution >= 0.6 is 11.6 Å². The third-order valence-corrected chi connectivity index (χ3v) is 3.16. The molecule has 0 radical (unpaired) electrons. The van der Waals surface area contributed by atoms with E-state index in [1.807, 2.05) is 18.2 Å². The highest BCUT2D eigenvalue weighted by Gasteiger charge is 2.18. The van der Waals surface area contributed by atoms with Gasteiger partial charge in [-0.05, 0) is 30.3 Å². The maximum Gasteiger partial charge on any atom is 0.293 e. The topological polar surface area (TPSA) is 68.3 Å². The number of carbonyl (C=O) groups is 1. The smallest absolute Gasteiger partial charge is 0.293 e. The molecular formula is C15H11ClN2O2. The molecule has 0 aliphatic heterocycles. The summed E-state index contributed by atoms with van der Waals surface area (Å²) in [6.45, 7) is 0. The Morgan fingerprint density at radius 2 is 1.95 bits per heavy atom. The molecule has 0 atom stereocenters. The fourth-order valence-corrected chi connectivity index (χ4v) is 2.18. The number of fused-ring (bicyclic) bond motifs is 1. The lowest BCUT2D eigenvalue weighted by Crippen LogP contribution is -2.12. The van der Waals surface area contributed by atoms with E-state index in [0.29, 0.717) is 22.0 Å². The molecule has 1 aromatic heterocycles. The van der Waals surface area contributed by atoms with Crippen molar-refractivity contribution in [1.82, 2.24) is 0 Å². The number of rotatable bonds is 2. The van der Waals surface area contributed by atoms with Gasteiger partial charge in [-0.1, -0.05) is 29.8 Å². The normalized spacial score (nSPS) is 10.7. The number of para-hydroxylation sites is 1. The molecule has 0 saturated heterocycles. The van der Waals surface area contributed by atoms with Crippen molar-refractivity contribution in [3.8, 4) is 0 Å². The highest BCUT2D eigenvalue weighted by molar-refractivity contribution is 6.31. The lowest BCUT2D eigenvalue weighted by Gasteiger charge is -2.03. The first-order valence-electron chi connectivity index (χ1n) is 5.99. The molecule has 3 rings (SSSR count). The third kappa shape index (κ3) is 2.21. The van der Waals surface area contributed by atoms with E-state index in [1.54, 1.807) is 30.3 Å². The second kappa shape index (κ2) is 4.90. The van der Waals surface area contributed by atoms with Crippen molar-refractivity contribution in [2.45, 2.75) is 0 Å². The highest BCUT2D eigenvalue weighted by atomic mass is 35.5. The van der Waals surface area contributed by atoms with Crippen molar-refractivity contribution in [3.05, 3.63) is 59.3 Å². The first kappa shape index (κ1) is 12.6. The second-order valence-electron chi connectivity index (χ2n) is 4.31. The molecule has 3 N–H and O–H groups in total. The third-order valence-electron chi connectivity index (χ3n) is 2.92. The lowest BCUT2D eigenvalue weighted by atomic mass is 10.2. The predicted octanol–water partition coefficient (Wildman–Crippen LogP) is 3.92. The molecule has 5 heteroatoms. The SMILES string of the molecule is Nc1c(C(=O)Nc2cccc(Cl)c2)oc2ccccc12. The van der Waals surface area contributed by atoms with Crippen LogP contribution in [0.1, 0.15) is 10.6 Å². The molecule has 100 valence electrons. The average molecular weight is 287 g/mol.